The van der Waals surface area contributed by atoms with Gasteiger partial charge in [-0.3, -0.25) is 9.59 Å². The van der Waals surface area contributed by atoms with Gasteiger partial charge in [-0.2, -0.15) is 0 Å². The van der Waals surface area contributed by atoms with Gasteiger partial charge < -0.3 is 14.6 Å². The molecule has 2 amide bonds. The van der Waals surface area contributed by atoms with E-state index in [9.17, 15) is 9.59 Å². The van der Waals surface area contributed by atoms with Crippen molar-refractivity contribution in [3.05, 3.63) is 54.0 Å². The van der Waals surface area contributed by atoms with E-state index in [-0.39, 0.29) is 17.9 Å². The molecular formula is C19H22N2O3S. The lowest BCUT2D eigenvalue weighted by molar-refractivity contribution is -0.119. The van der Waals surface area contributed by atoms with Crippen LogP contribution in [0.25, 0.3) is 0 Å². The molecule has 0 saturated carbocycles. The number of furan rings is 1. The quantitative estimate of drug-likeness (QED) is 0.834. The normalized spacial score (nSPS) is 15.2. The lowest BCUT2D eigenvalue weighted by atomic mass is 10.0. The van der Waals surface area contributed by atoms with Crippen molar-refractivity contribution in [1.82, 2.24) is 10.2 Å². The van der Waals surface area contributed by atoms with Crippen molar-refractivity contribution >= 4 is 23.6 Å². The number of thioether (sulfide) groups is 1. The number of aryl methyl sites for hydroxylation is 1. The third-order valence-corrected chi connectivity index (χ3v) is 5.32. The second-order valence-corrected chi connectivity index (χ2v) is 7.30. The summed E-state index contributed by atoms with van der Waals surface area (Å²) in [6.07, 6.45) is 4.54. The monoisotopic (exact) mass is 358 g/mol. The molecule has 3 rings (SSSR count). The highest BCUT2D eigenvalue weighted by molar-refractivity contribution is 8.00. The molecule has 1 saturated heterocycles. The molecule has 0 unspecified atom stereocenters. The average Bonchev–Trinajstić information content (AvgIpc) is 3.16. The van der Waals surface area contributed by atoms with E-state index in [1.807, 2.05) is 36.1 Å². The van der Waals surface area contributed by atoms with E-state index in [1.54, 1.807) is 17.8 Å². The number of nitrogens with zero attached hydrogens (tertiary/aromatic N) is 1. The molecule has 1 aliphatic rings. The third kappa shape index (κ3) is 4.89. The van der Waals surface area contributed by atoms with Crippen molar-refractivity contribution in [2.45, 2.75) is 30.7 Å². The van der Waals surface area contributed by atoms with Crippen molar-refractivity contribution in [2.75, 3.05) is 18.8 Å². The van der Waals surface area contributed by atoms with Crippen LogP contribution in [-0.4, -0.2) is 41.6 Å². The van der Waals surface area contributed by atoms with Crippen LogP contribution in [0.4, 0.5) is 0 Å². The predicted octanol–water partition coefficient (Wildman–Crippen LogP) is 3.10. The number of hydrogen-bond donors (Lipinski definition) is 1. The summed E-state index contributed by atoms with van der Waals surface area (Å²) in [7, 11) is 0. The topological polar surface area (TPSA) is 62.6 Å². The average molecular weight is 358 g/mol. The van der Waals surface area contributed by atoms with Crippen LogP contribution in [0.2, 0.25) is 0 Å². The maximum Gasteiger partial charge on any atom is 0.257 e. The summed E-state index contributed by atoms with van der Waals surface area (Å²) >= 11 is 1.54. The summed E-state index contributed by atoms with van der Waals surface area (Å²) in [5.41, 5.74) is 1.79. The second-order valence-electron chi connectivity index (χ2n) is 6.25. The Hall–Kier alpha value is -2.21. The molecule has 1 aromatic carbocycles. The zero-order chi connectivity index (χ0) is 17.6. The van der Waals surface area contributed by atoms with E-state index in [0.29, 0.717) is 24.4 Å². The Bertz CT molecular complexity index is 705. The molecule has 25 heavy (non-hydrogen) atoms. The number of amides is 2. The summed E-state index contributed by atoms with van der Waals surface area (Å²) in [4.78, 5) is 27.3. The smallest absolute Gasteiger partial charge is 0.257 e. The lowest BCUT2D eigenvalue weighted by Gasteiger charge is -2.32. The largest absolute Gasteiger partial charge is 0.472 e. The molecule has 6 heteroatoms. The number of benzene rings is 1. The Morgan fingerprint density at radius 1 is 1.20 bits per heavy atom. The summed E-state index contributed by atoms with van der Waals surface area (Å²) in [6, 6.07) is 9.98. The van der Waals surface area contributed by atoms with Crippen molar-refractivity contribution in [3.8, 4) is 0 Å². The highest BCUT2D eigenvalue weighted by Crippen LogP contribution is 2.19. The van der Waals surface area contributed by atoms with Gasteiger partial charge in [0.25, 0.3) is 5.91 Å². The fourth-order valence-corrected chi connectivity index (χ4v) is 3.56. The van der Waals surface area contributed by atoms with Gasteiger partial charge in [-0.25, -0.2) is 0 Å². The Balaban J connectivity index is 1.40. The number of nitrogens with one attached hydrogen (secondary N) is 1. The van der Waals surface area contributed by atoms with Crippen LogP contribution >= 0.6 is 11.8 Å². The SMILES string of the molecule is Cc1ccc(SCC(=O)NC2CCN(C(=O)c3ccoc3)CC2)cc1. The minimum atomic E-state index is -0.00606. The van der Waals surface area contributed by atoms with Crippen LogP contribution in [0, 0.1) is 6.92 Å². The molecule has 1 N–H and O–H groups in total. The highest BCUT2D eigenvalue weighted by atomic mass is 32.2. The van der Waals surface area contributed by atoms with Gasteiger partial charge in [-0.05, 0) is 38.0 Å². The fraction of sp³-hybridized carbons (Fsp3) is 0.368. The maximum atomic E-state index is 12.2. The van der Waals surface area contributed by atoms with Gasteiger partial charge in [0.15, 0.2) is 0 Å². The van der Waals surface area contributed by atoms with Gasteiger partial charge in [0.2, 0.25) is 5.91 Å². The number of hydrogen-bond acceptors (Lipinski definition) is 4. The van der Waals surface area contributed by atoms with Crippen molar-refractivity contribution in [3.63, 3.8) is 0 Å². The van der Waals surface area contributed by atoms with Crippen LogP contribution in [0.5, 0.6) is 0 Å². The van der Waals surface area contributed by atoms with Gasteiger partial charge in [0.1, 0.15) is 6.26 Å². The van der Waals surface area contributed by atoms with Crippen molar-refractivity contribution < 1.29 is 14.0 Å². The molecule has 5 nitrogen and oxygen atoms in total. The highest BCUT2D eigenvalue weighted by Gasteiger charge is 2.25. The molecule has 0 bridgehead atoms. The van der Waals surface area contributed by atoms with Gasteiger partial charge in [-0.15, -0.1) is 11.8 Å². The van der Waals surface area contributed by atoms with Crippen LogP contribution < -0.4 is 5.32 Å². The number of carbonyl (C=O) groups excluding carboxylic acids is 2. The van der Waals surface area contributed by atoms with E-state index in [4.69, 9.17) is 4.42 Å². The minimum Gasteiger partial charge on any atom is -0.472 e. The Morgan fingerprint density at radius 3 is 2.56 bits per heavy atom. The number of carbonyl (C=O) groups is 2. The number of rotatable bonds is 5. The molecule has 0 aliphatic carbocycles. The molecule has 0 radical (unpaired) electrons. The molecule has 2 heterocycles. The first kappa shape index (κ1) is 17.6. The molecule has 1 aromatic heterocycles. The van der Waals surface area contributed by atoms with Crippen molar-refractivity contribution in [1.29, 1.82) is 0 Å². The number of likely N-dealkylation sites (tertiary alicyclic amines) is 1. The van der Waals surface area contributed by atoms with Crippen LogP contribution in [0.15, 0.2) is 52.2 Å². The summed E-state index contributed by atoms with van der Waals surface area (Å²) < 4.78 is 4.96. The molecule has 1 aliphatic heterocycles. The fourth-order valence-electron chi connectivity index (χ4n) is 2.85. The summed E-state index contributed by atoms with van der Waals surface area (Å²) in [6.45, 7) is 3.35. The molecule has 0 atom stereocenters. The molecule has 1 fully saturated rings. The minimum absolute atomic E-state index is 0.00606. The third-order valence-electron chi connectivity index (χ3n) is 4.31. The van der Waals surface area contributed by atoms with E-state index in [0.717, 1.165) is 17.7 Å². The van der Waals surface area contributed by atoms with Gasteiger partial charge in [0.05, 0.1) is 17.6 Å². The molecule has 132 valence electrons. The molecule has 2 aromatic rings. The van der Waals surface area contributed by atoms with E-state index >= 15 is 0 Å². The van der Waals surface area contributed by atoms with E-state index < -0.39 is 0 Å². The zero-order valence-corrected chi connectivity index (χ0v) is 15.1. The standard InChI is InChI=1S/C19H22N2O3S/c1-14-2-4-17(5-3-14)25-13-18(22)20-16-6-9-21(10-7-16)19(23)15-8-11-24-12-15/h2-5,8,11-12,16H,6-7,9-10,13H2,1H3,(H,20,22). The Labute approximate surface area is 151 Å². The number of piperidine rings is 1. The lowest BCUT2D eigenvalue weighted by Crippen LogP contribution is -2.46. The molecule has 0 spiro atoms. The second kappa shape index (κ2) is 8.25. The van der Waals surface area contributed by atoms with Crippen molar-refractivity contribution in [2.24, 2.45) is 0 Å². The van der Waals surface area contributed by atoms with Crippen LogP contribution in [0.1, 0.15) is 28.8 Å². The van der Waals surface area contributed by atoms with E-state index in [2.05, 4.69) is 5.32 Å². The zero-order valence-electron chi connectivity index (χ0n) is 14.2. The first-order valence-electron chi connectivity index (χ1n) is 8.42. The Morgan fingerprint density at radius 2 is 1.92 bits per heavy atom. The van der Waals surface area contributed by atoms with Crippen LogP contribution in [0.3, 0.4) is 0 Å². The van der Waals surface area contributed by atoms with Gasteiger partial charge in [0, 0.05) is 24.0 Å². The molecular weight excluding hydrogens is 336 g/mol. The van der Waals surface area contributed by atoms with Gasteiger partial charge >= 0.3 is 0 Å². The maximum absolute atomic E-state index is 12.2. The summed E-state index contributed by atoms with van der Waals surface area (Å²) in [5, 5.41) is 3.08. The first-order chi connectivity index (χ1) is 12.1. The van der Waals surface area contributed by atoms with Crippen LogP contribution in [-0.2, 0) is 4.79 Å². The first-order valence-corrected chi connectivity index (χ1v) is 9.40. The van der Waals surface area contributed by atoms with E-state index in [1.165, 1.54) is 18.1 Å². The van der Waals surface area contributed by atoms with Gasteiger partial charge in [-0.1, -0.05) is 17.7 Å². The summed E-state index contributed by atoms with van der Waals surface area (Å²) in [5.74, 6) is 0.454. The predicted molar refractivity (Wildman–Crippen MR) is 97.7 cm³/mol. The Kier molecular flexibility index (Phi) is 5.81.